The molecule has 1 amide bonds. The van der Waals surface area contributed by atoms with Gasteiger partial charge >= 0.3 is 0 Å². The molecule has 7 heteroatoms. The van der Waals surface area contributed by atoms with Gasteiger partial charge in [0.1, 0.15) is 0 Å². The van der Waals surface area contributed by atoms with Gasteiger partial charge in [-0.05, 0) is 31.2 Å². The SMILES string of the molecule is CSc1ncc(C(=O)N2CCC[C@H](COc3ccccc3F)C2)cn1. The van der Waals surface area contributed by atoms with E-state index in [0.717, 1.165) is 12.8 Å². The molecule has 1 fully saturated rings. The minimum atomic E-state index is -0.364. The van der Waals surface area contributed by atoms with E-state index in [2.05, 4.69) is 9.97 Å². The van der Waals surface area contributed by atoms with Gasteiger partial charge in [0.2, 0.25) is 0 Å². The molecule has 0 aliphatic carbocycles. The zero-order valence-electron chi connectivity index (χ0n) is 14.0. The first-order valence-electron chi connectivity index (χ1n) is 8.20. The first-order valence-corrected chi connectivity index (χ1v) is 9.42. The van der Waals surface area contributed by atoms with E-state index in [1.165, 1.54) is 17.8 Å². The number of benzene rings is 1. The van der Waals surface area contributed by atoms with E-state index in [1.54, 1.807) is 35.5 Å². The largest absolute Gasteiger partial charge is 0.490 e. The van der Waals surface area contributed by atoms with E-state index < -0.39 is 0 Å². The van der Waals surface area contributed by atoms with Crippen LogP contribution in [0, 0.1) is 11.7 Å². The third-order valence-corrected chi connectivity index (χ3v) is 4.75. The molecule has 0 saturated carbocycles. The molecule has 1 aliphatic heterocycles. The summed E-state index contributed by atoms with van der Waals surface area (Å²) in [5.74, 6) is 0.0104. The molecule has 1 atom stereocenters. The van der Waals surface area contributed by atoms with Crippen molar-refractivity contribution >= 4 is 17.7 Å². The van der Waals surface area contributed by atoms with Crippen LogP contribution in [0.15, 0.2) is 41.8 Å². The Morgan fingerprint density at radius 2 is 2.12 bits per heavy atom. The van der Waals surface area contributed by atoms with Crippen molar-refractivity contribution in [1.29, 1.82) is 0 Å². The van der Waals surface area contributed by atoms with Crippen LogP contribution in [0.4, 0.5) is 4.39 Å². The lowest BCUT2D eigenvalue weighted by Crippen LogP contribution is -2.41. The Hall–Kier alpha value is -2.15. The maximum Gasteiger partial charge on any atom is 0.257 e. The summed E-state index contributed by atoms with van der Waals surface area (Å²) in [6.07, 6.45) is 6.89. The zero-order chi connectivity index (χ0) is 17.6. The van der Waals surface area contributed by atoms with Gasteiger partial charge in [-0.15, -0.1) is 0 Å². The van der Waals surface area contributed by atoms with Crippen LogP contribution >= 0.6 is 11.8 Å². The van der Waals surface area contributed by atoms with Gasteiger partial charge < -0.3 is 9.64 Å². The molecule has 2 aromatic rings. The van der Waals surface area contributed by atoms with Gasteiger partial charge in [-0.3, -0.25) is 4.79 Å². The summed E-state index contributed by atoms with van der Waals surface area (Å²) >= 11 is 1.44. The summed E-state index contributed by atoms with van der Waals surface area (Å²) in [7, 11) is 0. The maximum atomic E-state index is 13.6. The number of ether oxygens (including phenoxy) is 1. The van der Waals surface area contributed by atoms with Crippen molar-refractivity contribution in [3.8, 4) is 5.75 Å². The summed E-state index contributed by atoms with van der Waals surface area (Å²) < 4.78 is 19.2. The molecule has 0 N–H and O–H groups in total. The standard InChI is InChI=1S/C18H20FN3O2S/c1-25-18-20-9-14(10-21-18)17(23)22-8-4-5-13(11-22)12-24-16-7-3-2-6-15(16)19/h2-3,6-7,9-10,13H,4-5,8,11-12H2,1H3/t13-/m0/s1. The molecule has 0 bridgehead atoms. The van der Waals surface area contributed by atoms with Crippen LogP contribution in [0.5, 0.6) is 5.75 Å². The smallest absolute Gasteiger partial charge is 0.257 e. The quantitative estimate of drug-likeness (QED) is 0.604. The highest BCUT2D eigenvalue weighted by Gasteiger charge is 2.25. The number of hydrogen-bond donors (Lipinski definition) is 0. The molecule has 1 aliphatic rings. The van der Waals surface area contributed by atoms with Crippen LogP contribution in [0.3, 0.4) is 0 Å². The van der Waals surface area contributed by atoms with Gasteiger partial charge in [0.05, 0.1) is 12.2 Å². The number of halogens is 1. The zero-order valence-corrected chi connectivity index (χ0v) is 14.8. The highest BCUT2D eigenvalue weighted by atomic mass is 32.2. The van der Waals surface area contributed by atoms with Crippen LogP contribution in [0.25, 0.3) is 0 Å². The first kappa shape index (κ1) is 17.7. The van der Waals surface area contributed by atoms with Crippen molar-refractivity contribution < 1.29 is 13.9 Å². The first-order chi connectivity index (χ1) is 12.2. The molecule has 132 valence electrons. The fraction of sp³-hybridized carbons (Fsp3) is 0.389. The van der Waals surface area contributed by atoms with Crippen molar-refractivity contribution in [1.82, 2.24) is 14.9 Å². The Morgan fingerprint density at radius 1 is 1.36 bits per heavy atom. The number of aromatic nitrogens is 2. The van der Waals surface area contributed by atoms with Gasteiger partial charge in [0.15, 0.2) is 16.7 Å². The molecule has 25 heavy (non-hydrogen) atoms. The number of amides is 1. The van der Waals surface area contributed by atoms with E-state index in [-0.39, 0.29) is 23.4 Å². The number of rotatable bonds is 5. The Morgan fingerprint density at radius 3 is 2.84 bits per heavy atom. The van der Waals surface area contributed by atoms with Gasteiger partial charge in [-0.2, -0.15) is 0 Å². The van der Waals surface area contributed by atoms with Crippen LogP contribution < -0.4 is 4.74 Å². The molecule has 0 unspecified atom stereocenters. The molecule has 1 aromatic carbocycles. The summed E-state index contributed by atoms with van der Waals surface area (Å²) in [5, 5.41) is 0.645. The van der Waals surface area contributed by atoms with Crippen molar-refractivity contribution in [3.05, 3.63) is 48.0 Å². The minimum absolute atomic E-state index is 0.0664. The average Bonchev–Trinajstić information content (AvgIpc) is 2.67. The molecule has 2 heterocycles. The third-order valence-electron chi connectivity index (χ3n) is 4.18. The van der Waals surface area contributed by atoms with Crippen LogP contribution in [0.1, 0.15) is 23.2 Å². The number of piperidine rings is 1. The highest BCUT2D eigenvalue weighted by Crippen LogP contribution is 2.22. The summed E-state index contributed by atoms with van der Waals surface area (Å²) in [4.78, 5) is 22.7. The van der Waals surface area contributed by atoms with Gasteiger partial charge in [0, 0.05) is 31.4 Å². The van der Waals surface area contributed by atoms with Gasteiger partial charge in [0.25, 0.3) is 5.91 Å². The van der Waals surface area contributed by atoms with Crippen molar-refractivity contribution in [2.24, 2.45) is 5.92 Å². The monoisotopic (exact) mass is 361 g/mol. The lowest BCUT2D eigenvalue weighted by molar-refractivity contribution is 0.0630. The minimum Gasteiger partial charge on any atom is -0.490 e. The van der Waals surface area contributed by atoms with E-state index in [9.17, 15) is 9.18 Å². The maximum absolute atomic E-state index is 13.6. The van der Waals surface area contributed by atoms with Crippen molar-refractivity contribution in [2.45, 2.75) is 18.0 Å². The fourth-order valence-corrected chi connectivity index (χ4v) is 3.19. The van der Waals surface area contributed by atoms with Gasteiger partial charge in [-0.25, -0.2) is 14.4 Å². The second-order valence-corrected chi connectivity index (χ2v) is 6.73. The highest BCUT2D eigenvalue weighted by molar-refractivity contribution is 7.98. The van der Waals surface area contributed by atoms with Crippen LogP contribution in [0.2, 0.25) is 0 Å². The van der Waals surface area contributed by atoms with Crippen molar-refractivity contribution in [3.63, 3.8) is 0 Å². The van der Waals surface area contributed by atoms with Crippen LogP contribution in [-0.2, 0) is 0 Å². The predicted molar refractivity (Wildman–Crippen MR) is 94.3 cm³/mol. The molecule has 3 rings (SSSR count). The molecule has 1 aromatic heterocycles. The number of carbonyl (C=O) groups is 1. The second-order valence-electron chi connectivity index (χ2n) is 5.96. The Labute approximate surface area is 150 Å². The summed E-state index contributed by atoms with van der Waals surface area (Å²) in [6, 6.07) is 6.37. The Balaban J connectivity index is 1.58. The van der Waals surface area contributed by atoms with Crippen LogP contribution in [-0.4, -0.2) is 46.7 Å². The normalized spacial score (nSPS) is 17.4. The fourth-order valence-electron chi connectivity index (χ4n) is 2.87. The van der Waals surface area contributed by atoms with E-state index >= 15 is 0 Å². The average molecular weight is 361 g/mol. The van der Waals surface area contributed by atoms with E-state index in [1.807, 2.05) is 6.26 Å². The number of carbonyl (C=O) groups excluding carboxylic acids is 1. The lowest BCUT2D eigenvalue weighted by Gasteiger charge is -2.32. The summed E-state index contributed by atoms with van der Waals surface area (Å²) in [5.41, 5.74) is 0.494. The lowest BCUT2D eigenvalue weighted by atomic mass is 9.98. The Kier molecular flexibility index (Phi) is 5.86. The number of para-hydroxylation sites is 1. The number of hydrogen-bond acceptors (Lipinski definition) is 5. The molecular weight excluding hydrogens is 341 g/mol. The Bertz CT molecular complexity index is 727. The second kappa shape index (κ2) is 8.29. The third kappa shape index (κ3) is 4.48. The van der Waals surface area contributed by atoms with E-state index in [0.29, 0.717) is 30.4 Å². The van der Waals surface area contributed by atoms with E-state index in [4.69, 9.17) is 4.74 Å². The van der Waals surface area contributed by atoms with Crippen molar-refractivity contribution in [2.75, 3.05) is 26.0 Å². The number of thioether (sulfide) groups is 1. The number of nitrogens with zero attached hydrogens (tertiary/aromatic N) is 3. The number of likely N-dealkylation sites (tertiary alicyclic amines) is 1. The summed E-state index contributed by atoms with van der Waals surface area (Å²) in [6.45, 7) is 1.70. The molecule has 1 saturated heterocycles. The molecule has 0 radical (unpaired) electrons. The topological polar surface area (TPSA) is 55.3 Å². The van der Waals surface area contributed by atoms with Gasteiger partial charge in [-0.1, -0.05) is 23.9 Å². The molecule has 5 nitrogen and oxygen atoms in total. The molecular formula is C18H20FN3O2S. The predicted octanol–water partition coefficient (Wildman–Crippen LogP) is 3.27. The molecule has 0 spiro atoms.